The Morgan fingerprint density at radius 2 is 1.78 bits per heavy atom. The molecule has 0 saturated heterocycles. The zero-order valence-corrected chi connectivity index (χ0v) is 13.2. The van der Waals surface area contributed by atoms with Gasteiger partial charge in [0.2, 0.25) is 0 Å². The third-order valence-corrected chi connectivity index (χ3v) is 3.49. The molecule has 0 saturated carbocycles. The molecule has 0 aliphatic rings. The molecule has 3 heteroatoms. The number of aromatic hydroxyl groups is 1. The molecule has 0 atom stereocenters. The number of benzene rings is 2. The molecule has 23 heavy (non-hydrogen) atoms. The van der Waals surface area contributed by atoms with Crippen LogP contribution in [0.15, 0.2) is 85.3 Å². The topological polar surface area (TPSA) is 43.7 Å². The fraction of sp³-hybridized carbons (Fsp3) is 0.100. The average Bonchev–Trinajstić information content (AvgIpc) is 2.52. The molecule has 0 radical (unpaired) electrons. The second-order valence-corrected chi connectivity index (χ2v) is 5.37. The minimum atomic E-state index is 0.000242. The monoisotopic (exact) mass is 307 g/mol. The summed E-state index contributed by atoms with van der Waals surface area (Å²) in [4.78, 5) is 1.98. The Morgan fingerprint density at radius 1 is 1.13 bits per heavy atom. The summed E-state index contributed by atoms with van der Waals surface area (Å²) >= 11 is 0. The third kappa shape index (κ3) is 4.51. The Morgan fingerprint density at radius 3 is 2.39 bits per heavy atom. The smallest absolute Gasteiger partial charge is 0.116 e. The minimum absolute atomic E-state index is 0.000242. The van der Waals surface area contributed by atoms with Crippen molar-refractivity contribution in [3.8, 4) is 16.9 Å². The van der Waals surface area contributed by atoms with E-state index in [4.69, 9.17) is 0 Å². The lowest BCUT2D eigenvalue weighted by Gasteiger charge is -2.21. The first kappa shape index (κ1) is 16.4. The Balaban J connectivity index is 2.23. The van der Waals surface area contributed by atoms with Gasteiger partial charge >= 0.3 is 0 Å². The zero-order chi connectivity index (χ0) is 16.8. The largest absolute Gasteiger partial charge is 0.509 e. The van der Waals surface area contributed by atoms with Gasteiger partial charge in [0.1, 0.15) is 11.5 Å². The van der Waals surface area contributed by atoms with Crippen LogP contribution in [0.25, 0.3) is 11.1 Å². The summed E-state index contributed by atoms with van der Waals surface area (Å²) in [7, 11) is 1.93. The lowest BCUT2D eigenvalue weighted by atomic mass is 10.0. The second-order valence-electron chi connectivity index (χ2n) is 5.37. The molecule has 2 aromatic carbocycles. The number of allylic oxidation sites excluding steroid dienone is 2. The van der Waals surface area contributed by atoms with E-state index in [2.05, 4.69) is 19.2 Å². The van der Waals surface area contributed by atoms with Gasteiger partial charge in [-0.15, -0.1) is 0 Å². The fourth-order valence-corrected chi connectivity index (χ4v) is 2.40. The molecule has 0 amide bonds. The Labute approximate surface area is 137 Å². The van der Waals surface area contributed by atoms with Crippen molar-refractivity contribution in [3.05, 3.63) is 90.9 Å². The molecule has 2 aromatic rings. The van der Waals surface area contributed by atoms with Crippen LogP contribution in [0.2, 0.25) is 0 Å². The highest BCUT2D eigenvalue weighted by atomic mass is 16.3. The SMILES string of the molecule is C=C/C(=C\C(=C)O)N(C)Cc1cccc(-c2cccc(O)c2)c1. The van der Waals surface area contributed by atoms with Crippen LogP contribution in [0.4, 0.5) is 0 Å². The van der Waals surface area contributed by atoms with Crippen molar-refractivity contribution in [3.63, 3.8) is 0 Å². The van der Waals surface area contributed by atoms with E-state index < -0.39 is 0 Å². The molecule has 0 heterocycles. The Bertz CT molecular complexity index is 747. The summed E-state index contributed by atoms with van der Waals surface area (Å²) in [6.45, 7) is 7.90. The predicted octanol–water partition coefficient (Wildman–Crippen LogP) is 4.63. The maximum Gasteiger partial charge on any atom is 0.116 e. The van der Waals surface area contributed by atoms with Gasteiger partial charge in [-0.2, -0.15) is 0 Å². The van der Waals surface area contributed by atoms with E-state index in [0.717, 1.165) is 22.4 Å². The molecule has 118 valence electrons. The molecule has 0 bridgehead atoms. The molecule has 0 aromatic heterocycles. The van der Waals surface area contributed by atoms with Crippen LogP contribution in [0.5, 0.6) is 5.75 Å². The number of phenolic OH excluding ortho intramolecular Hbond substituents is 1. The number of hydrogen-bond donors (Lipinski definition) is 2. The van der Waals surface area contributed by atoms with Crippen molar-refractivity contribution in [2.45, 2.75) is 6.54 Å². The lowest BCUT2D eigenvalue weighted by Crippen LogP contribution is -2.16. The van der Waals surface area contributed by atoms with Gasteiger partial charge in [-0.05, 0) is 41.0 Å². The van der Waals surface area contributed by atoms with E-state index in [1.54, 1.807) is 24.3 Å². The molecular formula is C20H21NO2. The lowest BCUT2D eigenvalue weighted by molar-refractivity contribution is 0.406. The molecule has 0 spiro atoms. The van der Waals surface area contributed by atoms with E-state index in [0.29, 0.717) is 6.54 Å². The molecular weight excluding hydrogens is 286 g/mol. The molecule has 0 aliphatic heterocycles. The standard InChI is InChI=1S/C20H21NO2/c1-4-19(11-15(2)22)21(3)14-16-7-5-8-17(12-16)18-9-6-10-20(23)13-18/h4-13,22-23H,1-2,14H2,3H3/b19-11+. The second kappa shape index (κ2) is 7.36. The average molecular weight is 307 g/mol. The number of phenols is 1. The van der Waals surface area contributed by atoms with Crippen molar-refractivity contribution >= 4 is 0 Å². The highest BCUT2D eigenvalue weighted by molar-refractivity contribution is 5.65. The van der Waals surface area contributed by atoms with Gasteiger partial charge in [0.05, 0.1) is 0 Å². The third-order valence-electron chi connectivity index (χ3n) is 3.49. The van der Waals surface area contributed by atoms with Gasteiger partial charge in [-0.25, -0.2) is 0 Å². The number of hydrogen-bond acceptors (Lipinski definition) is 3. The van der Waals surface area contributed by atoms with Crippen LogP contribution in [-0.2, 0) is 6.54 Å². The van der Waals surface area contributed by atoms with Crippen LogP contribution >= 0.6 is 0 Å². The number of aliphatic hydroxyl groups excluding tert-OH is 1. The minimum Gasteiger partial charge on any atom is -0.509 e. The molecule has 0 unspecified atom stereocenters. The maximum atomic E-state index is 9.62. The summed E-state index contributed by atoms with van der Waals surface area (Å²) in [5, 5.41) is 18.9. The van der Waals surface area contributed by atoms with Crippen molar-refractivity contribution in [2.24, 2.45) is 0 Å². The van der Waals surface area contributed by atoms with Crippen LogP contribution in [0.1, 0.15) is 5.56 Å². The summed E-state index contributed by atoms with van der Waals surface area (Å²) < 4.78 is 0. The number of nitrogens with zero attached hydrogens (tertiary/aromatic N) is 1. The molecule has 2 N–H and O–H groups in total. The summed E-state index contributed by atoms with van der Waals surface area (Å²) in [6.07, 6.45) is 3.26. The van der Waals surface area contributed by atoms with Crippen LogP contribution < -0.4 is 0 Å². The number of aliphatic hydroxyl groups is 1. The highest BCUT2D eigenvalue weighted by Gasteiger charge is 2.05. The summed E-state index contributed by atoms with van der Waals surface area (Å²) in [6, 6.07) is 15.3. The van der Waals surface area contributed by atoms with Gasteiger partial charge in [0.15, 0.2) is 0 Å². The van der Waals surface area contributed by atoms with Crippen LogP contribution in [0, 0.1) is 0 Å². The van der Waals surface area contributed by atoms with Crippen molar-refractivity contribution in [1.82, 2.24) is 4.90 Å². The zero-order valence-electron chi connectivity index (χ0n) is 13.2. The first-order valence-electron chi connectivity index (χ1n) is 7.31. The van der Waals surface area contributed by atoms with E-state index >= 15 is 0 Å². The molecule has 3 nitrogen and oxygen atoms in total. The first-order valence-corrected chi connectivity index (χ1v) is 7.31. The summed E-state index contributed by atoms with van der Waals surface area (Å²) in [5.74, 6) is 0.253. The van der Waals surface area contributed by atoms with Crippen molar-refractivity contribution < 1.29 is 10.2 Å². The van der Waals surface area contributed by atoms with E-state index in [-0.39, 0.29) is 11.5 Å². The van der Waals surface area contributed by atoms with Gasteiger partial charge < -0.3 is 15.1 Å². The van der Waals surface area contributed by atoms with Crippen molar-refractivity contribution in [1.29, 1.82) is 0 Å². The Kier molecular flexibility index (Phi) is 5.26. The van der Waals surface area contributed by atoms with Gasteiger partial charge in [-0.3, -0.25) is 0 Å². The highest BCUT2D eigenvalue weighted by Crippen LogP contribution is 2.24. The predicted molar refractivity (Wildman–Crippen MR) is 95.1 cm³/mol. The van der Waals surface area contributed by atoms with Gasteiger partial charge in [0.25, 0.3) is 0 Å². The van der Waals surface area contributed by atoms with Crippen LogP contribution in [-0.4, -0.2) is 22.2 Å². The number of rotatable bonds is 6. The molecule has 2 rings (SSSR count). The number of likely N-dealkylation sites (N-methyl/N-ethyl adjacent to an activating group) is 1. The van der Waals surface area contributed by atoms with E-state index in [9.17, 15) is 10.2 Å². The maximum absolute atomic E-state index is 9.62. The quantitative estimate of drug-likeness (QED) is 0.604. The van der Waals surface area contributed by atoms with E-state index in [1.807, 2.05) is 42.3 Å². The first-order chi connectivity index (χ1) is 11.0. The van der Waals surface area contributed by atoms with Gasteiger partial charge in [0, 0.05) is 25.4 Å². The normalized spacial score (nSPS) is 11.1. The van der Waals surface area contributed by atoms with Gasteiger partial charge in [-0.1, -0.05) is 43.5 Å². The molecule has 0 fully saturated rings. The molecule has 0 aliphatic carbocycles. The summed E-state index contributed by atoms with van der Waals surface area (Å²) in [5.41, 5.74) is 3.92. The van der Waals surface area contributed by atoms with E-state index in [1.165, 1.54) is 0 Å². The Hall–Kier alpha value is -2.94. The van der Waals surface area contributed by atoms with Crippen LogP contribution in [0.3, 0.4) is 0 Å². The fourth-order valence-electron chi connectivity index (χ4n) is 2.40. The van der Waals surface area contributed by atoms with Crippen molar-refractivity contribution in [2.75, 3.05) is 7.05 Å².